The van der Waals surface area contributed by atoms with Crippen LogP contribution in [0.3, 0.4) is 0 Å². The lowest BCUT2D eigenvalue weighted by Gasteiger charge is -2.42. The van der Waals surface area contributed by atoms with Gasteiger partial charge in [-0.1, -0.05) is 25.3 Å². The SMILES string of the molecule is O=C1[C@H]2[C@H](CC(CO)=C3B(O)O[C@H](c4ccc(O)c(F)c4)C[C@H]32)C(=O)N1C1CCCCC1. The Kier molecular flexibility index (Phi) is 5.59. The number of fused-ring (bicyclic) bond motifs is 3. The summed E-state index contributed by atoms with van der Waals surface area (Å²) in [6.07, 6.45) is 4.53. The minimum absolute atomic E-state index is 0.0814. The van der Waals surface area contributed by atoms with Gasteiger partial charge in [-0.2, -0.15) is 0 Å². The van der Waals surface area contributed by atoms with E-state index in [1.165, 1.54) is 17.0 Å². The third-order valence-electron chi connectivity index (χ3n) is 7.72. The van der Waals surface area contributed by atoms with Gasteiger partial charge < -0.3 is 19.9 Å². The van der Waals surface area contributed by atoms with Crippen molar-refractivity contribution in [2.45, 2.75) is 57.1 Å². The van der Waals surface area contributed by atoms with E-state index >= 15 is 0 Å². The first-order chi connectivity index (χ1) is 15.4. The Morgan fingerprint density at radius 1 is 1.12 bits per heavy atom. The first-order valence-electron chi connectivity index (χ1n) is 11.4. The van der Waals surface area contributed by atoms with Gasteiger partial charge in [-0.3, -0.25) is 14.5 Å². The highest BCUT2D eigenvalue weighted by molar-refractivity contribution is 6.53. The monoisotopic (exact) mass is 443 g/mol. The third-order valence-corrected chi connectivity index (χ3v) is 7.72. The number of aliphatic hydroxyl groups is 1. The number of likely N-dealkylation sites (tertiary alicyclic amines) is 1. The van der Waals surface area contributed by atoms with Gasteiger partial charge in [-0.25, -0.2) is 4.39 Å². The lowest BCUT2D eigenvalue weighted by atomic mass is 9.55. The standard InChI is InChI=1S/C23H27BFNO6/c25-17-9-12(6-7-18(17)28)19-10-15-20-16(8-13(11-27)21(15)24(31)32-19)22(29)26(23(20)30)14-4-2-1-3-5-14/h6-7,9,14-16,19-20,27-28,31H,1-5,8,10-11H2/t15-,16-,19-,20+/m0/s1. The van der Waals surface area contributed by atoms with Gasteiger partial charge in [0.1, 0.15) is 0 Å². The van der Waals surface area contributed by atoms with Crippen molar-refractivity contribution in [1.29, 1.82) is 0 Å². The van der Waals surface area contributed by atoms with Gasteiger partial charge in [0.2, 0.25) is 11.8 Å². The van der Waals surface area contributed by atoms with E-state index in [2.05, 4.69) is 0 Å². The first kappa shape index (κ1) is 21.6. The minimum atomic E-state index is -1.36. The zero-order chi connectivity index (χ0) is 22.6. The van der Waals surface area contributed by atoms with Crippen LogP contribution in [0.5, 0.6) is 5.75 Å². The molecule has 2 saturated heterocycles. The lowest BCUT2D eigenvalue weighted by molar-refractivity contribution is -0.143. The van der Waals surface area contributed by atoms with E-state index < -0.39 is 42.5 Å². The van der Waals surface area contributed by atoms with Gasteiger partial charge >= 0.3 is 7.12 Å². The van der Waals surface area contributed by atoms with Crippen molar-refractivity contribution in [2.75, 3.05) is 6.61 Å². The summed E-state index contributed by atoms with van der Waals surface area (Å²) in [7, 11) is -1.36. The fourth-order valence-corrected chi connectivity index (χ4v) is 6.22. The summed E-state index contributed by atoms with van der Waals surface area (Å²) in [5.41, 5.74) is 1.47. The number of carbonyl (C=O) groups is 2. The summed E-state index contributed by atoms with van der Waals surface area (Å²) in [6.45, 7) is -0.321. The summed E-state index contributed by atoms with van der Waals surface area (Å²) < 4.78 is 19.7. The zero-order valence-electron chi connectivity index (χ0n) is 17.7. The van der Waals surface area contributed by atoms with Crippen LogP contribution in [0, 0.1) is 23.6 Å². The molecule has 170 valence electrons. The van der Waals surface area contributed by atoms with E-state index in [-0.39, 0.29) is 37.3 Å². The van der Waals surface area contributed by atoms with Crippen molar-refractivity contribution < 1.29 is 33.9 Å². The number of carbonyl (C=O) groups excluding carboxylic acids is 2. The summed E-state index contributed by atoms with van der Waals surface area (Å²) in [6, 6.07) is 3.82. The van der Waals surface area contributed by atoms with Crippen LogP contribution in [-0.4, -0.2) is 51.7 Å². The third kappa shape index (κ3) is 3.38. The molecule has 0 spiro atoms. The van der Waals surface area contributed by atoms with Crippen molar-refractivity contribution in [3.05, 3.63) is 40.6 Å². The van der Waals surface area contributed by atoms with E-state index in [1.54, 1.807) is 0 Å². The Morgan fingerprint density at radius 2 is 1.88 bits per heavy atom. The Morgan fingerprint density at radius 3 is 2.56 bits per heavy atom. The fourth-order valence-electron chi connectivity index (χ4n) is 6.22. The summed E-state index contributed by atoms with van der Waals surface area (Å²) in [5.74, 6) is -3.30. The quantitative estimate of drug-likeness (QED) is 0.489. The smallest absolute Gasteiger partial charge is 0.487 e. The average molecular weight is 443 g/mol. The summed E-state index contributed by atoms with van der Waals surface area (Å²) >= 11 is 0. The maximum atomic E-state index is 14.0. The molecular formula is C23H27BFNO6. The molecule has 0 bridgehead atoms. The predicted molar refractivity (Wildman–Crippen MR) is 112 cm³/mol. The molecule has 0 radical (unpaired) electrons. The van der Waals surface area contributed by atoms with Gasteiger partial charge in [-0.15, -0.1) is 0 Å². The van der Waals surface area contributed by atoms with E-state index in [0.29, 0.717) is 16.6 Å². The number of amides is 2. The van der Waals surface area contributed by atoms with Gasteiger partial charge in [-0.05, 0) is 60.3 Å². The zero-order valence-corrected chi connectivity index (χ0v) is 17.7. The number of aliphatic hydroxyl groups excluding tert-OH is 1. The van der Waals surface area contributed by atoms with Crippen molar-refractivity contribution in [3.8, 4) is 5.75 Å². The molecular weight excluding hydrogens is 416 g/mol. The number of rotatable bonds is 3. The number of nitrogens with zero attached hydrogens (tertiary/aromatic N) is 1. The molecule has 2 heterocycles. The van der Waals surface area contributed by atoms with Crippen molar-refractivity contribution >= 4 is 18.9 Å². The van der Waals surface area contributed by atoms with Crippen LogP contribution in [0.1, 0.15) is 56.6 Å². The van der Waals surface area contributed by atoms with Gasteiger partial charge in [0.25, 0.3) is 0 Å². The Labute approximate surface area is 186 Å². The van der Waals surface area contributed by atoms with E-state index in [0.717, 1.165) is 38.2 Å². The van der Waals surface area contributed by atoms with Crippen molar-refractivity contribution in [2.24, 2.45) is 17.8 Å². The number of halogens is 1. The number of hydrogen-bond donors (Lipinski definition) is 3. The Bertz CT molecular complexity index is 977. The van der Waals surface area contributed by atoms with Gasteiger partial charge in [0, 0.05) is 6.04 Å². The van der Waals surface area contributed by atoms with E-state index in [9.17, 15) is 29.2 Å². The molecule has 2 aliphatic heterocycles. The topological polar surface area (TPSA) is 107 Å². The molecule has 32 heavy (non-hydrogen) atoms. The number of hydrogen-bond acceptors (Lipinski definition) is 6. The maximum absolute atomic E-state index is 14.0. The van der Waals surface area contributed by atoms with Crippen LogP contribution in [-0.2, 0) is 14.2 Å². The van der Waals surface area contributed by atoms with Gasteiger partial charge in [0.05, 0.1) is 24.5 Å². The highest BCUT2D eigenvalue weighted by atomic mass is 19.1. The normalized spacial score (nSPS) is 31.2. The Hall–Kier alpha value is -2.23. The van der Waals surface area contributed by atoms with Crippen LogP contribution in [0.4, 0.5) is 4.39 Å². The van der Waals surface area contributed by atoms with E-state index in [1.807, 2.05) is 0 Å². The van der Waals surface area contributed by atoms with Crippen LogP contribution < -0.4 is 0 Å². The largest absolute Gasteiger partial charge is 0.505 e. The maximum Gasteiger partial charge on any atom is 0.487 e. The molecule has 9 heteroatoms. The second-order valence-electron chi connectivity index (χ2n) is 9.42. The molecule has 1 aromatic carbocycles. The number of aromatic hydroxyl groups is 1. The lowest BCUT2D eigenvalue weighted by Crippen LogP contribution is -2.45. The van der Waals surface area contributed by atoms with Gasteiger partial charge in [0.15, 0.2) is 11.6 Å². The molecule has 2 aliphatic carbocycles. The molecule has 1 aromatic rings. The molecule has 4 atom stereocenters. The van der Waals surface area contributed by atoms with E-state index in [4.69, 9.17) is 4.65 Å². The number of phenolic OH excluding ortho intramolecular Hbond substituents is 1. The number of allylic oxidation sites excluding steroid dienone is 1. The fraction of sp³-hybridized carbons (Fsp3) is 0.565. The highest BCUT2D eigenvalue weighted by Gasteiger charge is 2.58. The number of phenols is 1. The Balaban J connectivity index is 1.50. The second kappa shape index (κ2) is 8.28. The molecule has 0 unspecified atom stereocenters. The summed E-state index contributed by atoms with van der Waals surface area (Å²) in [5, 5.41) is 30.3. The van der Waals surface area contributed by atoms with Crippen LogP contribution >= 0.6 is 0 Å². The average Bonchev–Trinajstić information content (AvgIpc) is 3.05. The molecule has 4 aliphatic rings. The molecule has 5 rings (SSSR count). The number of benzene rings is 1. The molecule has 3 N–H and O–H groups in total. The molecule has 0 aromatic heterocycles. The molecule has 3 fully saturated rings. The number of imide groups is 1. The van der Waals surface area contributed by atoms with Crippen LogP contribution in [0.2, 0.25) is 0 Å². The predicted octanol–water partition coefficient (Wildman–Crippen LogP) is 2.26. The first-order valence-corrected chi connectivity index (χ1v) is 11.4. The van der Waals surface area contributed by atoms with Crippen LogP contribution in [0.25, 0.3) is 0 Å². The summed E-state index contributed by atoms with van der Waals surface area (Å²) in [4.78, 5) is 28.3. The second-order valence-corrected chi connectivity index (χ2v) is 9.42. The van der Waals surface area contributed by atoms with Crippen molar-refractivity contribution in [3.63, 3.8) is 0 Å². The minimum Gasteiger partial charge on any atom is -0.505 e. The molecule has 2 amide bonds. The highest BCUT2D eigenvalue weighted by Crippen LogP contribution is 2.52. The van der Waals surface area contributed by atoms with Crippen LogP contribution in [0.15, 0.2) is 29.2 Å². The van der Waals surface area contributed by atoms with Crippen molar-refractivity contribution in [1.82, 2.24) is 4.90 Å². The molecule has 7 nitrogen and oxygen atoms in total. The molecule has 1 saturated carbocycles.